The van der Waals surface area contributed by atoms with Crippen molar-refractivity contribution >= 4 is 10.0 Å². The number of nitriles is 1. The van der Waals surface area contributed by atoms with Crippen molar-refractivity contribution in [3.8, 4) is 6.07 Å². The van der Waals surface area contributed by atoms with E-state index >= 15 is 0 Å². The monoisotopic (exact) mass is 210 g/mol. The largest absolute Gasteiger partial charge is 0.240 e. The number of rotatable bonds is 3. The first kappa shape index (κ1) is 10.7. The van der Waals surface area contributed by atoms with Gasteiger partial charge in [-0.3, -0.25) is 0 Å². The maximum Gasteiger partial charge on any atom is 0.240 e. The predicted molar refractivity (Wildman–Crippen MR) is 52.0 cm³/mol. The van der Waals surface area contributed by atoms with Crippen LogP contribution in [-0.4, -0.2) is 15.0 Å². The van der Waals surface area contributed by atoms with Crippen molar-refractivity contribution in [3.05, 3.63) is 29.8 Å². The summed E-state index contributed by atoms with van der Waals surface area (Å²) in [5, 5.41) is 8.59. The minimum atomic E-state index is -3.44. The molecule has 0 spiro atoms. The lowest BCUT2D eigenvalue weighted by atomic mass is 10.2. The van der Waals surface area contributed by atoms with Crippen molar-refractivity contribution in [2.75, 3.05) is 6.54 Å². The Morgan fingerprint density at radius 2 is 2.21 bits per heavy atom. The van der Waals surface area contributed by atoms with E-state index in [9.17, 15) is 8.42 Å². The highest BCUT2D eigenvalue weighted by atomic mass is 32.2. The van der Waals surface area contributed by atoms with Gasteiger partial charge in [-0.2, -0.15) is 5.26 Å². The third kappa shape index (κ3) is 2.31. The first-order valence-corrected chi connectivity index (χ1v) is 5.58. The second-order valence-electron chi connectivity index (χ2n) is 2.64. The van der Waals surface area contributed by atoms with Crippen molar-refractivity contribution in [3.63, 3.8) is 0 Å². The Morgan fingerprint density at radius 1 is 1.50 bits per heavy atom. The van der Waals surface area contributed by atoms with Crippen LogP contribution in [0.1, 0.15) is 12.5 Å². The molecule has 0 saturated heterocycles. The molecule has 0 saturated carbocycles. The summed E-state index contributed by atoms with van der Waals surface area (Å²) < 4.78 is 25.3. The highest BCUT2D eigenvalue weighted by Gasteiger charge is 2.12. The van der Waals surface area contributed by atoms with E-state index < -0.39 is 10.0 Å². The highest BCUT2D eigenvalue weighted by Crippen LogP contribution is 2.10. The molecule has 1 aromatic carbocycles. The van der Waals surface area contributed by atoms with Crippen LogP contribution in [0.3, 0.4) is 0 Å². The van der Waals surface area contributed by atoms with Crippen molar-refractivity contribution in [1.29, 1.82) is 5.26 Å². The fourth-order valence-electron chi connectivity index (χ4n) is 1.01. The van der Waals surface area contributed by atoms with Crippen LogP contribution in [0, 0.1) is 11.3 Å². The molecule has 0 aliphatic rings. The smallest absolute Gasteiger partial charge is 0.211 e. The lowest BCUT2D eigenvalue weighted by Crippen LogP contribution is -2.23. The molecule has 0 aliphatic carbocycles. The summed E-state index contributed by atoms with van der Waals surface area (Å²) >= 11 is 0. The van der Waals surface area contributed by atoms with E-state index in [1.165, 1.54) is 12.1 Å². The molecule has 0 bridgehead atoms. The molecule has 5 heteroatoms. The van der Waals surface area contributed by atoms with Gasteiger partial charge in [-0.25, -0.2) is 13.1 Å². The first-order valence-electron chi connectivity index (χ1n) is 4.10. The van der Waals surface area contributed by atoms with Gasteiger partial charge in [-0.05, 0) is 18.2 Å². The van der Waals surface area contributed by atoms with Crippen molar-refractivity contribution in [2.45, 2.75) is 11.8 Å². The van der Waals surface area contributed by atoms with Crippen molar-refractivity contribution in [2.24, 2.45) is 0 Å². The molecule has 0 aliphatic heterocycles. The Labute approximate surface area is 83.2 Å². The molecule has 74 valence electrons. The number of hydrogen-bond acceptors (Lipinski definition) is 3. The Kier molecular flexibility index (Phi) is 3.23. The van der Waals surface area contributed by atoms with Gasteiger partial charge in [0.15, 0.2) is 0 Å². The molecule has 0 amide bonds. The molecule has 0 heterocycles. The van der Waals surface area contributed by atoms with Crippen LogP contribution >= 0.6 is 0 Å². The molecule has 1 N–H and O–H groups in total. The van der Waals surface area contributed by atoms with Gasteiger partial charge in [0.1, 0.15) is 0 Å². The summed E-state index contributed by atoms with van der Waals surface area (Å²) in [5.41, 5.74) is 0.337. The third-order valence-corrected chi connectivity index (χ3v) is 3.15. The molecule has 0 atom stereocenters. The Bertz CT molecular complexity index is 460. The normalized spacial score (nSPS) is 10.9. The topological polar surface area (TPSA) is 70.0 Å². The van der Waals surface area contributed by atoms with E-state index in [0.29, 0.717) is 12.1 Å². The predicted octanol–water partition coefficient (Wildman–Crippen LogP) is 0.856. The van der Waals surface area contributed by atoms with E-state index in [1.807, 2.05) is 6.07 Å². The highest BCUT2D eigenvalue weighted by molar-refractivity contribution is 7.89. The van der Waals surface area contributed by atoms with Gasteiger partial charge in [0, 0.05) is 6.54 Å². The molecular weight excluding hydrogens is 200 g/mol. The minimum Gasteiger partial charge on any atom is -0.211 e. The van der Waals surface area contributed by atoms with Gasteiger partial charge < -0.3 is 0 Å². The lowest BCUT2D eigenvalue weighted by molar-refractivity contribution is 0.584. The van der Waals surface area contributed by atoms with Crippen LogP contribution in [-0.2, 0) is 10.0 Å². The van der Waals surface area contributed by atoms with Crippen LogP contribution in [0.15, 0.2) is 29.2 Å². The summed E-state index contributed by atoms with van der Waals surface area (Å²) in [5.74, 6) is 0. The van der Waals surface area contributed by atoms with Crippen LogP contribution < -0.4 is 4.72 Å². The summed E-state index contributed by atoms with van der Waals surface area (Å²) in [7, 11) is -3.44. The van der Waals surface area contributed by atoms with Crippen molar-refractivity contribution < 1.29 is 8.42 Å². The molecule has 0 unspecified atom stereocenters. The fraction of sp³-hybridized carbons (Fsp3) is 0.222. The SMILES string of the molecule is CCNS(=O)(=O)c1cccc(C#N)c1. The molecule has 1 aromatic rings. The molecule has 14 heavy (non-hydrogen) atoms. The summed E-state index contributed by atoms with van der Waals surface area (Å²) in [6.45, 7) is 2.03. The minimum absolute atomic E-state index is 0.124. The van der Waals surface area contributed by atoms with Gasteiger partial charge in [0.05, 0.1) is 16.5 Å². The van der Waals surface area contributed by atoms with E-state index in [2.05, 4.69) is 4.72 Å². The van der Waals surface area contributed by atoms with E-state index in [1.54, 1.807) is 19.1 Å². The van der Waals surface area contributed by atoms with E-state index in [0.717, 1.165) is 0 Å². The molecule has 4 nitrogen and oxygen atoms in total. The molecular formula is C9H10N2O2S. The van der Waals surface area contributed by atoms with Gasteiger partial charge in [-0.1, -0.05) is 13.0 Å². The number of hydrogen-bond donors (Lipinski definition) is 1. The van der Waals surface area contributed by atoms with Gasteiger partial charge in [0.2, 0.25) is 10.0 Å². The zero-order valence-corrected chi connectivity index (χ0v) is 8.50. The lowest BCUT2D eigenvalue weighted by Gasteiger charge is -2.03. The molecule has 0 fully saturated rings. The number of sulfonamides is 1. The quantitative estimate of drug-likeness (QED) is 0.804. The molecule has 0 aromatic heterocycles. The number of nitrogens with zero attached hydrogens (tertiary/aromatic N) is 1. The zero-order chi connectivity index (χ0) is 10.6. The average Bonchev–Trinajstić information content (AvgIpc) is 2.18. The van der Waals surface area contributed by atoms with Crippen LogP contribution in [0.25, 0.3) is 0 Å². The maximum absolute atomic E-state index is 11.5. The number of benzene rings is 1. The van der Waals surface area contributed by atoms with Crippen molar-refractivity contribution in [1.82, 2.24) is 4.72 Å². The van der Waals surface area contributed by atoms with Gasteiger partial charge in [-0.15, -0.1) is 0 Å². The maximum atomic E-state index is 11.5. The summed E-state index contributed by atoms with van der Waals surface area (Å²) in [6, 6.07) is 7.80. The summed E-state index contributed by atoms with van der Waals surface area (Å²) in [6.07, 6.45) is 0. The Hall–Kier alpha value is -1.38. The van der Waals surface area contributed by atoms with Gasteiger partial charge >= 0.3 is 0 Å². The molecule has 1 rings (SSSR count). The van der Waals surface area contributed by atoms with Crippen LogP contribution in [0.5, 0.6) is 0 Å². The van der Waals surface area contributed by atoms with Crippen LogP contribution in [0.2, 0.25) is 0 Å². The molecule has 0 radical (unpaired) electrons. The Morgan fingerprint density at radius 3 is 2.79 bits per heavy atom. The second-order valence-corrected chi connectivity index (χ2v) is 4.41. The average molecular weight is 210 g/mol. The van der Waals surface area contributed by atoms with E-state index in [-0.39, 0.29) is 4.90 Å². The standard InChI is InChI=1S/C9H10N2O2S/c1-2-11-14(12,13)9-5-3-4-8(6-9)7-10/h3-6,11H,2H2,1H3. The fourth-order valence-corrected chi connectivity index (χ4v) is 2.09. The van der Waals surface area contributed by atoms with E-state index in [4.69, 9.17) is 5.26 Å². The number of nitrogens with one attached hydrogen (secondary N) is 1. The third-order valence-electron chi connectivity index (χ3n) is 1.61. The van der Waals surface area contributed by atoms with Crippen LogP contribution in [0.4, 0.5) is 0 Å². The van der Waals surface area contributed by atoms with Gasteiger partial charge in [0.25, 0.3) is 0 Å². The first-order chi connectivity index (χ1) is 6.60. The Balaban J connectivity index is 3.15. The summed E-state index contributed by atoms with van der Waals surface area (Å²) in [4.78, 5) is 0.124. The second kappa shape index (κ2) is 4.22. The zero-order valence-electron chi connectivity index (χ0n) is 7.69.